The topological polar surface area (TPSA) is 357 Å². The fraction of sp³-hybridized carbons (Fsp3) is 0.651. The molecule has 2 unspecified atom stereocenters. The molecule has 0 amide bonds. The second-order valence-corrected chi connectivity index (χ2v) is 16.3. The van der Waals surface area contributed by atoms with E-state index in [1.807, 2.05) is 0 Å². The van der Waals surface area contributed by atoms with Gasteiger partial charge in [0.1, 0.15) is 98.7 Å². The molecule has 2 aromatic carbocycles. The van der Waals surface area contributed by atoms with E-state index in [2.05, 4.69) is 5.73 Å². The quantitative estimate of drug-likeness (QED) is 0.0555. The van der Waals surface area contributed by atoms with E-state index in [1.54, 1.807) is 72.8 Å². The van der Waals surface area contributed by atoms with Gasteiger partial charge in [0, 0.05) is 12.8 Å². The van der Waals surface area contributed by atoms with Crippen LogP contribution in [0.2, 0.25) is 0 Å². The lowest BCUT2D eigenvalue weighted by Gasteiger charge is -2.43. The van der Waals surface area contributed by atoms with Gasteiger partial charge >= 0.3 is 0 Å². The van der Waals surface area contributed by atoms with Crippen molar-refractivity contribution in [3.05, 3.63) is 89.7 Å². The molecule has 0 saturated carbocycles. The van der Waals surface area contributed by atoms with Crippen LogP contribution in [0, 0.1) is 0 Å². The van der Waals surface area contributed by atoms with Gasteiger partial charge in [-0.25, -0.2) is 0 Å². The molecule has 4 aliphatic rings. The molecule has 0 bridgehead atoms. The molecule has 14 N–H and O–H groups in total. The summed E-state index contributed by atoms with van der Waals surface area (Å²) in [5, 5.41) is 145. The molecule has 6 rings (SSSR count). The van der Waals surface area contributed by atoms with Crippen molar-refractivity contribution in [2.24, 2.45) is 0 Å². The van der Waals surface area contributed by atoms with E-state index >= 15 is 0 Å². The molecule has 0 aromatic heterocycles. The van der Waals surface area contributed by atoms with Crippen LogP contribution in [0.3, 0.4) is 0 Å². The summed E-state index contributed by atoms with van der Waals surface area (Å²) in [5.41, 5.74) is 4.52. The minimum atomic E-state index is -2.35. The monoisotopic (exact) mass is 928 g/mol. The Morgan fingerprint density at radius 1 is 0.492 bits per heavy atom. The summed E-state index contributed by atoms with van der Waals surface area (Å²) >= 11 is 0. The summed E-state index contributed by atoms with van der Waals surface area (Å²) in [4.78, 5) is 0. The second-order valence-electron chi connectivity index (χ2n) is 16.3. The van der Waals surface area contributed by atoms with E-state index in [0.717, 1.165) is 0 Å². The number of hydrogen-bond acceptors (Lipinski definition) is 22. The van der Waals surface area contributed by atoms with E-state index < -0.39 is 148 Å². The normalized spacial score (nSPS) is 40.6. The molecular formula is C43H60O22. The number of benzene rings is 2. The first kappa shape index (κ1) is 51.5. The van der Waals surface area contributed by atoms with Gasteiger partial charge < -0.3 is 109 Å². The Balaban J connectivity index is 1.10. The predicted molar refractivity (Wildman–Crippen MR) is 215 cm³/mol. The van der Waals surface area contributed by atoms with Crippen LogP contribution in [0.15, 0.2) is 78.5 Å². The molecule has 2 aromatic rings. The number of aliphatic hydroxyl groups is 14. The molecule has 4 fully saturated rings. The highest BCUT2D eigenvalue weighted by Crippen LogP contribution is 2.38. The molecule has 4 aliphatic heterocycles. The summed E-state index contributed by atoms with van der Waals surface area (Å²) < 4.78 is 45.9. The Morgan fingerprint density at radius 3 is 1.18 bits per heavy atom. The summed E-state index contributed by atoms with van der Waals surface area (Å²) in [7, 11) is 0. The smallest absolute Gasteiger partial charge is 0.224 e. The lowest BCUT2D eigenvalue weighted by Crippen LogP contribution is -2.62. The first-order valence-electron chi connectivity index (χ1n) is 21.1. The lowest BCUT2D eigenvalue weighted by atomic mass is 9.98. The Morgan fingerprint density at radius 2 is 0.862 bits per heavy atom. The van der Waals surface area contributed by atoms with Crippen LogP contribution in [-0.2, 0) is 37.9 Å². The van der Waals surface area contributed by atoms with Gasteiger partial charge in [0.05, 0.1) is 38.6 Å². The zero-order valence-corrected chi connectivity index (χ0v) is 35.0. The average Bonchev–Trinajstić information content (AvgIpc) is 3.72. The Labute approximate surface area is 372 Å². The van der Waals surface area contributed by atoms with Crippen molar-refractivity contribution >= 4 is 0 Å². The molecule has 0 spiro atoms. The predicted octanol–water partition coefficient (Wildman–Crippen LogP) is -4.75. The highest BCUT2D eigenvalue weighted by molar-refractivity contribution is 5.20. The maximum atomic E-state index is 10.8. The van der Waals surface area contributed by atoms with Crippen molar-refractivity contribution in [1.82, 2.24) is 0 Å². The van der Waals surface area contributed by atoms with Gasteiger partial charge in [-0.3, -0.25) is 0 Å². The Bertz CT molecular complexity index is 1680. The highest BCUT2D eigenvalue weighted by atomic mass is 16.8. The minimum Gasteiger partial charge on any atom is -0.394 e. The van der Waals surface area contributed by atoms with Gasteiger partial charge in [0.25, 0.3) is 0 Å². The Hall–Kier alpha value is -2.92. The third-order valence-corrected chi connectivity index (χ3v) is 11.9. The van der Waals surface area contributed by atoms with Crippen LogP contribution in [0.5, 0.6) is 0 Å². The zero-order valence-electron chi connectivity index (χ0n) is 35.0. The van der Waals surface area contributed by atoms with Gasteiger partial charge in [-0.2, -0.15) is 0 Å². The van der Waals surface area contributed by atoms with Crippen LogP contribution in [0.4, 0.5) is 0 Å². The van der Waals surface area contributed by atoms with Gasteiger partial charge in [0.15, 0.2) is 12.6 Å². The SMILES string of the molecule is OC[C@H]1O[C@@](CO)(O[C@H]2O[C@H](COC(CC=C=CCC(OC[C@H]3O[C@H](O[C@]4(CO)O[C@H](CO)[C@@H](O)[C@@H]4O)[C@H](O)[C@@H](O)[C@@H]3O)c3ccccc3)c3ccccc3)[C@@H](O)[C@H](O)[C@H]2O)[C@@H](O)[C@@H]1O. The minimum absolute atomic E-state index is 0.215. The van der Waals surface area contributed by atoms with E-state index in [1.165, 1.54) is 0 Å². The molecule has 364 valence electrons. The third kappa shape index (κ3) is 11.3. The summed E-state index contributed by atoms with van der Waals surface area (Å²) in [6.07, 6.45) is -24.5. The first-order valence-corrected chi connectivity index (χ1v) is 21.1. The molecule has 22 nitrogen and oxygen atoms in total. The summed E-state index contributed by atoms with van der Waals surface area (Å²) in [5.74, 6) is -4.71. The number of rotatable bonds is 20. The van der Waals surface area contributed by atoms with Crippen molar-refractivity contribution in [3.8, 4) is 0 Å². The van der Waals surface area contributed by atoms with Crippen LogP contribution in [-0.4, -0.2) is 221 Å². The van der Waals surface area contributed by atoms with Crippen LogP contribution < -0.4 is 0 Å². The second kappa shape index (κ2) is 22.9. The molecular weight excluding hydrogens is 868 g/mol. The summed E-state index contributed by atoms with van der Waals surface area (Å²) in [6, 6.07) is 17.9. The molecule has 20 atom stereocenters. The lowest BCUT2D eigenvalue weighted by molar-refractivity contribution is -0.384. The maximum Gasteiger partial charge on any atom is 0.224 e. The van der Waals surface area contributed by atoms with Crippen molar-refractivity contribution in [2.75, 3.05) is 39.6 Å². The maximum absolute atomic E-state index is 10.8. The van der Waals surface area contributed by atoms with Gasteiger partial charge in [0.2, 0.25) is 11.6 Å². The fourth-order valence-corrected chi connectivity index (χ4v) is 8.03. The van der Waals surface area contributed by atoms with E-state index in [9.17, 15) is 71.5 Å². The fourth-order valence-electron chi connectivity index (χ4n) is 8.03. The van der Waals surface area contributed by atoms with Crippen molar-refractivity contribution < 1.29 is 109 Å². The molecule has 0 aliphatic carbocycles. The van der Waals surface area contributed by atoms with Crippen LogP contribution >= 0.6 is 0 Å². The van der Waals surface area contributed by atoms with Crippen molar-refractivity contribution in [3.63, 3.8) is 0 Å². The van der Waals surface area contributed by atoms with Crippen molar-refractivity contribution in [1.29, 1.82) is 0 Å². The first-order chi connectivity index (χ1) is 31.1. The van der Waals surface area contributed by atoms with E-state index in [0.29, 0.717) is 11.1 Å². The average molecular weight is 929 g/mol. The molecule has 65 heavy (non-hydrogen) atoms. The van der Waals surface area contributed by atoms with E-state index in [4.69, 9.17) is 37.9 Å². The van der Waals surface area contributed by atoms with E-state index in [-0.39, 0.29) is 26.1 Å². The van der Waals surface area contributed by atoms with Gasteiger partial charge in [-0.05, 0) is 23.3 Å². The highest BCUT2D eigenvalue weighted by Gasteiger charge is 2.60. The zero-order chi connectivity index (χ0) is 47.1. The number of hydrogen-bond donors (Lipinski definition) is 14. The van der Waals surface area contributed by atoms with Crippen LogP contribution in [0.25, 0.3) is 0 Å². The number of aliphatic hydroxyl groups excluding tert-OH is 14. The van der Waals surface area contributed by atoms with Crippen LogP contribution in [0.1, 0.15) is 36.2 Å². The molecule has 0 radical (unpaired) electrons. The third-order valence-electron chi connectivity index (χ3n) is 11.9. The Kier molecular flexibility index (Phi) is 18.1. The van der Waals surface area contributed by atoms with Gasteiger partial charge in [-0.1, -0.05) is 60.7 Å². The van der Waals surface area contributed by atoms with Gasteiger partial charge in [-0.15, -0.1) is 5.73 Å². The molecule has 4 saturated heterocycles. The molecule has 4 heterocycles. The molecule has 22 heteroatoms. The number of ether oxygens (including phenoxy) is 8. The van der Waals surface area contributed by atoms with Crippen molar-refractivity contribution in [2.45, 2.75) is 135 Å². The largest absolute Gasteiger partial charge is 0.394 e. The standard InChI is InChI=1S/C43H60O22/c44-16-26-32(50)38(56)42(20-46,62-26)64-40-36(54)34(52)30(48)28(60-40)18-58-24(22-10-4-1-5-11-22)14-8-3-9-15-25(23-12-6-2-7-13-23)59-19-29-31(49)35(53)37(55)41(61-29)65-43(21-47)39(57)33(51)27(17-45)63-43/h1-2,4-13,24-41,44-57H,14-21H2/t3?,24?,25?,26-,27-,28-,29-,30-,31-,32-,33-,34+,35+,36-,37-,38+,39+,40-,41-,42+,43+/m1/s1. The summed E-state index contributed by atoms with van der Waals surface area (Å²) in [6.45, 7) is -4.29.